The Morgan fingerprint density at radius 2 is 2.40 bits per heavy atom. The zero-order chi connectivity index (χ0) is 10.9. The molecule has 4 nitrogen and oxygen atoms in total. The van der Waals surface area contributed by atoms with Crippen LogP contribution in [0.25, 0.3) is 0 Å². The van der Waals surface area contributed by atoms with E-state index in [1.165, 1.54) is 0 Å². The summed E-state index contributed by atoms with van der Waals surface area (Å²) in [7, 11) is 0. The van der Waals surface area contributed by atoms with Crippen LogP contribution in [-0.2, 0) is 10.3 Å². The second-order valence-corrected chi connectivity index (χ2v) is 5.12. The molecule has 1 aliphatic heterocycles. The van der Waals surface area contributed by atoms with Gasteiger partial charge in [0.2, 0.25) is 11.7 Å². The average molecular weight is 275 g/mol. The van der Waals surface area contributed by atoms with Crippen LogP contribution < -0.4 is 0 Å². The Morgan fingerprint density at radius 3 is 3.00 bits per heavy atom. The van der Waals surface area contributed by atoms with E-state index >= 15 is 0 Å². The van der Waals surface area contributed by atoms with Gasteiger partial charge < -0.3 is 9.26 Å². The predicted molar refractivity (Wildman–Crippen MR) is 58.8 cm³/mol. The molecule has 15 heavy (non-hydrogen) atoms. The van der Waals surface area contributed by atoms with Crippen LogP contribution in [0.1, 0.15) is 49.7 Å². The van der Waals surface area contributed by atoms with Gasteiger partial charge in [0.25, 0.3) is 0 Å². The van der Waals surface area contributed by atoms with Gasteiger partial charge in [-0.15, -0.1) is 0 Å². The van der Waals surface area contributed by atoms with Crippen molar-refractivity contribution in [3.8, 4) is 0 Å². The molecule has 84 valence electrons. The number of rotatable bonds is 3. The standard InChI is InChI=1S/C10H15BrN2O2/c1-3-7(11)8-12-9(13-15-8)10(2)5-4-6-14-10/h7H,3-6H2,1-2H3. The van der Waals surface area contributed by atoms with E-state index in [2.05, 4.69) is 33.0 Å². The monoisotopic (exact) mass is 274 g/mol. The lowest BCUT2D eigenvalue weighted by molar-refractivity contribution is 0.00768. The maximum Gasteiger partial charge on any atom is 0.240 e. The summed E-state index contributed by atoms with van der Waals surface area (Å²) in [4.78, 5) is 4.53. The van der Waals surface area contributed by atoms with Crippen molar-refractivity contribution in [2.45, 2.75) is 43.5 Å². The van der Waals surface area contributed by atoms with Gasteiger partial charge in [0.1, 0.15) is 5.60 Å². The smallest absolute Gasteiger partial charge is 0.240 e. The van der Waals surface area contributed by atoms with Crippen molar-refractivity contribution in [1.29, 1.82) is 0 Å². The fraction of sp³-hybridized carbons (Fsp3) is 0.800. The molecule has 1 aromatic heterocycles. The molecule has 5 heteroatoms. The van der Waals surface area contributed by atoms with Gasteiger partial charge in [0.15, 0.2) is 0 Å². The third kappa shape index (κ3) is 2.08. The lowest BCUT2D eigenvalue weighted by Gasteiger charge is -2.17. The Labute approximate surface area is 97.5 Å². The summed E-state index contributed by atoms with van der Waals surface area (Å²) in [5.41, 5.74) is -0.345. The molecule has 2 unspecified atom stereocenters. The number of halogens is 1. The van der Waals surface area contributed by atoms with Crippen LogP contribution in [0.5, 0.6) is 0 Å². The molecule has 0 aromatic carbocycles. The Balaban J connectivity index is 2.19. The molecular weight excluding hydrogens is 260 g/mol. The lowest BCUT2D eigenvalue weighted by atomic mass is 10.0. The molecule has 0 bridgehead atoms. The molecule has 0 spiro atoms. The van der Waals surface area contributed by atoms with Gasteiger partial charge in [-0.2, -0.15) is 4.98 Å². The van der Waals surface area contributed by atoms with E-state index in [0.29, 0.717) is 11.7 Å². The second kappa shape index (κ2) is 4.22. The first kappa shape index (κ1) is 11.1. The third-order valence-electron chi connectivity index (χ3n) is 2.76. The van der Waals surface area contributed by atoms with E-state index in [9.17, 15) is 0 Å². The van der Waals surface area contributed by atoms with Crippen molar-refractivity contribution in [1.82, 2.24) is 10.1 Å². The molecule has 0 radical (unpaired) electrons. The molecule has 0 N–H and O–H groups in total. The SMILES string of the molecule is CCC(Br)c1nc(C2(C)CCCO2)no1. The van der Waals surface area contributed by atoms with Crippen molar-refractivity contribution in [3.63, 3.8) is 0 Å². The van der Waals surface area contributed by atoms with Gasteiger partial charge in [0.05, 0.1) is 4.83 Å². The topological polar surface area (TPSA) is 48.2 Å². The zero-order valence-corrected chi connectivity index (χ0v) is 10.6. The van der Waals surface area contributed by atoms with Gasteiger partial charge in [-0.25, -0.2) is 0 Å². The van der Waals surface area contributed by atoms with Crippen molar-refractivity contribution >= 4 is 15.9 Å². The quantitative estimate of drug-likeness (QED) is 0.796. The number of hydrogen-bond donors (Lipinski definition) is 0. The highest BCUT2D eigenvalue weighted by molar-refractivity contribution is 9.09. The Bertz CT molecular complexity index is 334. The molecule has 0 saturated carbocycles. The fourth-order valence-electron chi connectivity index (χ4n) is 1.71. The minimum Gasteiger partial charge on any atom is -0.367 e. The highest BCUT2D eigenvalue weighted by atomic mass is 79.9. The molecule has 1 aromatic rings. The van der Waals surface area contributed by atoms with E-state index in [-0.39, 0.29) is 10.4 Å². The zero-order valence-electron chi connectivity index (χ0n) is 8.99. The van der Waals surface area contributed by atoms with Crippen molar-refractivity contribution < 1.29 is 9.26 Å². The van der Waals surface area contributed by atoms with E-state index in [0.717, 1.165) is 25.9 Å². The van der Waals surface area contributed by atoms with Crippen LogP contribution in [0.2, 0.25) is 0 Å². The molecule has 0 amide bonds. The highest BCUT2D eigenvalue weighted by Gasteiger charge is 2.37. The van der Waals surface area contributed by atoms with Crippen LogP contribution in [-0.4, -0.2) is 16.7 Å². The second-order valence-electron chi connectivity index (χ2n) is 4.01. The Kier molecular flexibility index (Phi) is 3.11. The molecule has 1 fully saturated rings. The Hall–Kier alpha value is -0.420. The number of aromatic nitrogens is 2. The predicted octanol–water partition coefficient (Wildman–Crippen LogP) is 2.94. The summed E-state index contributed by atoms with van der Waals surface area (Å²) in [5, 5.41) is 4.00. The van der Waals surface area contributed by atoms with Gasteiger partial charge >= 0.3 is 0 Å². The first-order valence-electron chi connectivity index (χ1n) is 5.28. The van der Waals surface area contributed by atoms with Gasteiger partial charge in [0, 0.05) is 6.61 Å². The highest BCUT2D eigenvalue weighted by Crippen LogP contribution is 2.35. The summed E-state index contributed by atoms with van der Waals surface area (Å²) >= 11 is 3.49. The first-order valence-corrected chi connectivity index (χ1v) is 6.19. The molecule has 2 atom stereocenters. The van der Waals surface area contributed by atoms with Crippen LogP contribution in [0.3, 0.4) is 0 Å². The molecule has 1 saturated heterocycles. The van der Waals surface area contributed by atoms with Gasteiger partial charge in [-0.1, -0.05) is 28.0 Å². The summed E-state index contributed by atoms with van der Waals surface area (Å²) in [6.45, 7) is 4.87. The average Bonchev–Trinajstić information content (AvgIpc) is 2.85. The summed E-state index contributed by atoms with van der Waals surface area (Å²) < 4.78 is 10.9. The van der Waals surface area contributed by atoms with Crippen molar-refractivity contribution in [3.05, 3.63) is 11.7 Å². The third-order valence-corrected chi connectivity index (χ3v) is 3.80. The number of alkyl halides is 1. The molecular formula is C10H15BrN2O2. The largest absolute Gasteiger partial charge is 0.367 e. The van der Waals surface area contributed by atoms with Crippen molar-refractivity contribution in [2.24, 2.45) is 0 Å². The fourth-order valence-corrected chi connectivity index (χ4v) is 1.89. The number of nitrogens with zero attached hydrogens (tertiary/aromatic N) is 2. The van der Waals surface area contributed by atoms with Crippen LogP contribution in [0, 0.1) is 0 Å². The number of ether oxygens (including phenoxy) is 1. The Morgan fingerprint density at radius 1 is 1.60 bits per heavy atom. The summed E-state index contributed by atoms with van der Waals surface area (Å²) in [5.74, 6) is 1.32. The maximum absolute atomic E-state index is 5.65. The van der Waals surface area contributed by atoms with Gasteiger partial charge in [-0.05, 0) is 26.2 Å². The molecule has 2 rings (SSSR count). The summed E-state index contributed by atoms with van der Waals surface area (Å²) in [6.07, 6.45) is 2.95. The molecule has 2 heterocycles. The van der Waals surface area contributed by atoms with Gasteiger partial charge in [-0.3, -0.25) is 0 Å². The summed E-state index contributed by atoms with van der Waals surface area (Å²) in [6, 6.07) is 0. The molecule has 0 aliphatic carbocycles. The van der Waals surface area contributed by atoms with Crippen LogP contribution >= 0.6 is 15.9 Å². The van der Waals surface area contributed by atoms with Crippen LogP contribution in [0.4, 0.5) is 0 Å². The normalized spacial score (nSPS) is 28.2. The molecule has 1 aliphatic rings. The maximum atomic E-state index is 5.65. The number of hydrogen-bond acceptors (Lipinski definition) is 4. The van der Waals surface area contributed by atoms with E-state index in [4.69, 9.17) is 9.26 Å². The van der Waals surface area contributed by atoms with E-state index in [1.807, 2.05) is 6.92 Å². The first-order chi connectivity index (χ1) is 7.15. The van der Waals surface area contributed by atoms with Crippen molar-refractivity contribution in [2.75, 3.05) is 6.61 Å². The van der Waals surface area contributed by atoms with E-state index < -0.39 is 0 Å². The van der Waals surface area contributed by atoms with Crippen LogP contribution in [0.15, 0.2) is 4.52 Å². The lowest BCUT2D eigenvalue weighted by Crippen LogP contribution is -2.21. The van der Waals surface area contributed by atoms with E-state index in [1.54, 1.807) is 0 Å². The minimum absolute atomic E-state index is 0.142. The minimum atomic E-state index is -0.345.